The van der Waals surface area contributed by atoms with Gasteiger partial charge in [0, 0.05) is 35.5 Å². The van der Waals surface area contributed by atoms with Crippen molar-refractivity contribution in [3.8, 4) is 11.8 Å². The van der Waals surface area contributed by atoms with Crippen molar-refractivity contribution in [3.05, 3.63) is 57.8 Å². The summed E-state index contributed by atoms with van der Waals surface area (Å²) < 4.78 is 5.92. The Morgan fingerprint density at radius 1 is 1.30 bits per heavy atom. The van der Waals surface area contributed by atoms with E-state index in [0.717, 1.165) is 38.2 Å². The molecule has 4 heteroatoms. The molecule has 3 rings (SSSR count). The zero-order valence-corrected chi connectivity index (χ0v) is 13.9. The summed E-state index contributed by atoms with van der Waals surface area (Å²) in [7, 11) is 0. The first-order valence-electron chi connectivity index (χ1n) is 7.88. The van der Waals surface area contributed by atoms with Gasteiger partial charge in [0.1, 0.15) is 6.61 Å². The molecule has 2 aromatic rings. The van der Waals surface area contributed by atoms with Gasteiger partial charge in [-0.05, 0) is 18.1 Å². The fraction of sp³-hybridized carbons (Fsp3) is 0.368. The maximum Gasteiger partial charge on any atom is 0.104 e. The van der Waals surface area contributed by atoms with Crippen LogP contribution in [-0.4, -0.2) is 42.4 Å². The van der Waals surface area contributed by atoms with Crippen molar-refractivity contribution in [1.82, 2.24) is 4.90 Å². The van der Waals surface area contributed by atoms with Crippen molar-refractivity contribution in [3.63, 3.8) is 0 Å². The quantitative estimate of drug-likeness (QED) is 0.876. The largest absolute Gasteiger partial charge is 0.384 e. The molecule has 1 fully saturated rings. The molecule has 1 N–H and O–H groups in total. The maximum atomic E-state index is 8.75. The van der Waals surface area contributed by atoms with Gasteiger partial charge in [-0.25, -0.2) is 0 Å². The van der Waals surface area contributed by atoms with E-state index in [4.69, 9.17) is 9.84 Å². The first-order chi connectivity index (χ1) is 11.3. The third kappa shape index (κ3) is 4.92. The molecule has 1 unspecified atom stereocenters. The average molecular weight is 327 g/mol. The summed E-state index contributed by atoms with van der Waals surface area (Å²) in [4.78, 5) is 3.76. The molecule has 0 amide bonds. The first kappa shape index (κ1) is 16.2. The number of hydrogen-bond donors (Lipinski definition) is 1. The Balaban J connectivity index is 1.55. The molecule has 0 spiro atoms. The second-order valence-electron chi connectivity index (χ2n) is 5.68. The van der Waals surface area contributed by atoms with E-state index in [1.165, 1.54) is 10.4 Å². The molecule has 1 aromatic carbocycles. The van der Waals surface area contributed by atoms with Crippen molar-refractivity contribution >= 4 is 11.3 Å². The summed E-state index contributed by atoms with van der Waals surface area (Å²) >= 11 is 1.73. The molecular formula is C19H21NO2S. The highest BCUT2D eigenvalue weighted by molar-refractivity contribution is 7.10. The predicted molar refractivity (Wildman–Crippen MR) is 93.4 cm³/mol. The summed E-state index contributed by atoms with van der Waals surface area (Å²) in [6.45, 7) is 3.58. The molecule has 1 aromatic heterocycles. The average Bonchev–Trinajstić information content (AvgIpc) is 3.01. The lowest BCUT2D eigenvalue weighted by Gasteiger charge is -2.32. The second-order valence-corrected chi connectivity index (χ2v) is 6.68. The lowest BCUT2D eigenvalue weighted by molar-refractivity contribution is -0.0301. The normalized spacial score (nSPS) is 18.4. The third-order valence-corrected chi connectivity index (χ3v) is 4.80. The van der Waals surface area contributed by atoms with Gasteiger partial charge in [-0.3, -0.25) is 4.90 Å². The van der Waals surface area contributed by atoms with Crippen molar-refractivity contribution in [1.29, 1.82) is 0 Å². The van der Waals surface area contributed by atoms with Gasteiger partial charge >= 0.3 is 0 Å². The summed E-state index contributed by atoms with van der Waals surface area (Å²) in [5.74, 6) is 5.66. The Hall–Kier alpha value is -1.64. The standard InChI is InChI=1S/C19H21NO2S/c21-9-4-7-17-12-19(23-15-17)14-20-8-10-22-18(13-20)11-16-5-2-1-3-6-16/h1-3,5-6,12,15,18,21H,8-11,13-14H2. The zero-order valence-electron chi connectivity index (χ0n) is 13.1. The number of ether oxygens (including phenoxy) is 1. The van der Waals surface area contributed by atoms with Crippen LogP contribution in [0.5, 0.6) is 0 Å². The highest BCUT2D eigenvalue weighted by atomic mass is 32.1. The molecule has 23 heavy (non-hydrogen) atoms. The molecule has 0 bridgehead atoms. The molecule has 1 aliphatic rings. The van der Waals surface area contributed by atoms with Crippen molar-refractivity contribution in [2.75, 3.05) is 26.3 Å². The summed E-state index contributed by atoms with van der Waals surface area (Å²) in [5, 5.41) is 10.8. The molecule has 3 nitrogen and oxygen atoms in total. The zero-order chi connectivity index (χ0) is 15.9. The van der Waals surface area contributed by atoms with E-state index in [0.29, 0.717) is 0 Å². The summed E-state index contributed by atoms with van der Waals surface area (Å²) in [5.41, 5.74) is 2.32. The van der Waals surface area contributed by atoms with E-state index >= 15 is 0 Å². The van der Waals surface area contributed by atoms with Crippen LogP contribution in [0.1, 0.15) is 16.0 Å². The second kappa shape index (κ2) is 8.28. The van der Waals surface area contributed by atoms with Crippen LogP contribution in [0.2, 0.25) is 0 Å². The number of aliphatic hydroxyl groups excluding tert-OH is 1. The van der Waals surface area contributed by atoms with Crippen LogP contribution in [0, 0.1) is 11.8 Å². The minimum atomic E-state index is -0.0875. The lowest BCUT2D eigenvalue weighted by atomic mass is 10.1. The van der Waals surface area contributed by atoms with Gasteiger partial charge in [0.2, 0.25) is 0 Å². The van der Waals surface area contributed by atoms with Crippen LogP contribution in [-0.2, 0) is 17.7 Å². The topological polar surface area (TPSA) is 32.7 Å². The van der Waals surface area contributed by atoms with E-state index in [1.54, 1.807) is 11.3 Å². The Bertz CT molecular complexity index is 671. The van der Waals surface area contributed by atoms with E-state index in [2.05, 4.69) is 52.5 Å². The summed E-state index contributed by atoms with van der Waals surface area (Å²) in [6.07, 6.45) is 1.23. The minimum Gasteiger partial charge on any atom is -0.384 e. The Morgan fingerprint density at radius 3 is 3.00 bits per heavy atom. The van der Waals surface area contributed by atoms with Gasteiger partial charge in [0.15, 0.2) is 0 Å². The predicted octanol–water partition coefficient (Wildman–Crippen LogP) is 2.54. The van der Waals surface area contributed by atoms with E-state index in [9.17, 15) is 0 Å². The molecule has 2 heterocycles. The third-order valence-electron chi connectivity index (χ3n) is 3.87. The molecule has 120 valence electrons. The van der Waals surface area contributed by atoms with Gasteiger partial charge in [-0.15, -0.1) is 11.3 Å². The number of nitrogens with zero attached hydrogens (tertiary/aromatic N) is 1. The highest BCUT2D eigenvalue weighted by Gasteiger charge is 2.21. The van der Waals surface area contributed by atoms with Gasteiger partial charge in [-0.2, -0.15) is 0 Å². The molecule has 0 aliphatic carbocycles. The molecule has 1 atom stereocenters. The highest BCUT2D eigenvalue weighted by Crippen LogP contribution is 2.19. The number of thiophene rings is 1. The monoisotopic (exact) mass is 327 g/mol. The van der Waals surface area contributed by atoms with Gasteiger partial charge < -0.3 is 9.84 Å². The minimum absolute atomic E-state index is 0.0875. The van der Waals surface area contributed by atoms with Crippen molar-refractivity contribution in [2.45, 2.75) is 19.1 Å². The number of rotatable bonds is 4. The number of morpholine rings is 1. The maximum absolute atomic E-state index is 8.75. The summed E-state index contributed by atoms with van der Waals surface area (Å²) in [6, 6.07) is 12.6. The van der Waals surface area contributed by atoms with Gasteiger partial charge in [-0.1, -0.05) is 42.2 Å². The van der Waals surface area contributed by atoms with Crippen LogP contribution in [0.3, 0.4) is 0 Å². The molecule has 0 radical (unpaired) electrons. The van der Waals surface area contributed by atoms with Crippen molar-refractivity contribution in [2.24, 2.45) is 0 Å². The number of aliphatic hydroxyl groups is 1. The SMILES string of the molecule is OCC#Cc1csc(CN2CCOC(Cc3ccccc3)C2)c1. The van der Waals surface area contributed by atoms with Crippen LogP contribution >= 0.6 is 11.3 Å². The smallest absolute Gasteiger partial charge is 0.104 e. The van der Waals surface area contributed by atoms with Crippen LogP contribution in [0.4, 0.5) is 0 Å². The fourth-order valence-corrected chi connectivity index (χ4v) is 3.67. The molecular weight excluding hydrogens is 306 g/mol. The number of benzene rings is 1. The van der Waals surface area contributed by atoms with Crippen LogP contribution in [0.25, 0.3) is 0 Å². The van der Waals surface area contributed by atoms with E-state index in [-0.39, 0.29) is 12.7 Å². The van der Waals surface area contributed by atoms with Crippen LogP contribution in [0.15, 0.2) is 41.8 Å². The van der Waals surface area contributed by atoms with Gasteiger partial charge in [0.05, 0.1) is 12.7 Å². The molecule has 1 aliphatic heterocycles. The molecule has 1 saturated heterocycles. The fourth-order valence-electron chi connectivity index (χ4n) is 2.82. The van der Waals surface area contributed by atoms with Crippen LogP contribution < -0.4 is 0 Å². The van der Waals surface area contributed by atoms with Crippen molar-refractivity contribution < 1.29 is 9.84 Å². The van der Waals surface area contributed by atoms with E-state index < -0.39 is 0 Å². The Morgan fingerprint density at radius 2 is 2.17 bits per heavy atom. The Labute approximate surface area is 141 Å². The number of hydrogen-bond acceptors (Lipinski definition) is 4. The van der Waals surface area contributed by atoms with E-state index in [1.807, 2.05) is 6.07 Å². The Kier molecular flexibility index (Phi) is 5.84. The first-order valence-corrected chi connectivity index (χ1v) is 8.76. The molecule has 0 saturated carbocycles. The van der Waals surface area contributed by atoms with Gasteiger partial charge in [0.25, 0.3) is 0 Å². The lowest BCUT2D eigenvalue weighted by Crippen LogP contribution is -2.42.